The number of thioether (sulfide) groups is 1. The maximum atomic E-state index is 13.9. The van der Waals surface area contributed by atoms with Gasteiger partial charge in [0, 0.05) is 12.3 Å². The van der Waals surface area contributed by atoms with Crippen molar-refractivity contribution in [3.8, 4) is 5.75 Å². The molecule has 2 heterocycles. The lowest BCUT2D eigenvalue weighted by Crippen LogP contribution is -2.22. The van der Waals surface area contributed by atoms with Gasteiger partial charge in [0.15, 0.2) is 16.7 Å². The summed E-state index contributed by atoms with van der Waals surface area (Å²) in [4.78, 5) is 12.8. The van der Waals surface area contributed by atoms with Crippen LogP contribution in [0.25, 0.3) is 16.7 Å². The first kappa shape index (κ1) is 18.2. The lowest BCUT2D eigenvalue weighted by molar-refractivity contribution is 0.386. The van der Waals surface area contributed by atoms with Crippen LogP contribution in [0.4, 0.5) is 4.39 Å². The van der Waals surface area contributed by atoms with Gasteiger partial charge in [0.1, 0.15) is 0 Å². The maximum absolute atomic E-state index is 13.9. The molecule has 0 N–H and O–H groups in total. The van der Waals surface area contributed by atoms with Crippen molar-refractivity contribution in [2.45, 2.75) is 17.5 Å². The zero-order valence-electron chi connectivity index (χ0n) is 15.1. The van der Waals surface area contributed by atoms with Gasteiger partial charge in [-0.1, -0.05) is 36.0 Å². The number of methoxy groups -OCH3 is 1. The van der Waals surface area contributed by atoms with Crippen molar-refractivity contribution in [3.05, 3.63) is 76.9 Å². The molecule has 2 aromatic heterocycles. The Labute approximate surface area is 164 Å². The number of fused-ring (bicyclic) bond motifs is 3. The Hall–Kier alpha value is -3.13. The number of aromatic nitrogens is 4. The fraction of sp³-hybridized carbons (Fsp3) is 0.150. The van der Waals surface area contributed by atoms with Crippen LogP contribution in [0.5, 0.6) is 5.75 Å². The lowest BCUT2D eigenvalue weighted by atomic mass is 10.2. The third-order valence-corrected chi connectivity index (χ3v) is 5.37. The first-order chi connectivity index (χ1) is 13.6. The van der Waals surface area contributed by atoms with E-state index >= 15 is 0 Å². The van der Waals surface area contributed by atoms with Crippen LogP contribution in [0.15, 0.2) is 65.1 Å². The topological polar surface area (TPSA) is 61.4 Å². The number of rotatable bonds is 6. The second-order valence-corrected chi connectivity index (χ2v) is 7.04. The first-order valence-corrected chi connectivity index (χ1v) is 9.55. The van der Waals surface area contributed by atoms with Gasteiger partial charge in [-0.05, 0) is 29.8 Å². The van der Waals surface area contributed by atoms with Crippen molar-refractivity contribution in [2.75, 3.05) is 7.11 Å². The highest BCUT2D eigenvalue weighted by Gasteiger charge is 2.16. The van der Waals surface area contributed by atoms with Crippen LogP contribution in [-0.2, 0) is 12.3 Å². The minimum atomic E-state index is -0.406. The molecule has 0 aliphatic carbocycles. The molecule has 0 aliphatic heterocycles. The maximum Gasteiger partial charge on any atom is 0.263 e. The minimum Gasteiger partial charge on any atom is -0.494 e. The highest BCUT2D eigenvalue weighted by atomic mass is 32.2. The van der Waals surface area contributed by atoms with E-state index < -0.39 is 5.82 Å². The van der Waals surface area contributed by atoms with Crippen molar-refractivity contribution in [3.63, 3.8) is 0 Å². The molecule has 8 heteroatoms. The molecule has 6 nitrogen and oxygen atoms in total. The van der Waals surface area contributed by atoms with Crippen molar-refractivity contribution >= 4 is 28.4 Å². The minimum absolute atomic E-state index is 0.135. The number of para-hydroxylation sites is 1. The summed E-state index contributed by atoms with van der Waals surface area (Å²) in [5.74, 6) is 0.751. The van der Waals surface area contributed by atoms with Crippen molar-refractivity contribution in [1.82, 2.24) is 19.2 Å². The van der Waals surface area contributed by atoms with E-state index in [1.54, 1.807) is 22.8 Å². The summed E-state index contributed by atoms with van der Waals surface area (Å²) in [6, 6.07) is 12.2. The Morgan fingerprint density at radius 1 is 1.25 bits per heavy atom. The largest absolute Gasteiger partial charge is 0.494 e. The summed E-state index contributed by atoms with van der Waals surface area (Å²) in [7, 11) is 1.43. The van der Waals surface area contributed by atoms with Crippen LogP contribution >= 0.6 is 11.8 Å². The van der Waals surface area contributed by atoms with Crippen LogP contribution in [0, 0.1) is 5.82 Å². The number of allylic oxidation sites excluding steroid dienone is 1. The lowest BCUT2D eigenvalue weighted by Gasteiger charge is -2.09. The van der Waals surface area contributed by atoms with E-state index in [1.165, 1.54) is 24.9 Å². The van der Waals surface area contributed by atoms with Crippen LogP contribution in [0.1, 0.15) is 5.56 Å². The van der Waals surface area contributed by atoms with Gasteiger partial charge in [0.05, 0.1) is 18.0 Å². The van der Waals surface area contributed by atoms with E-state index in [9.17, 15) is 9.18 Å². The molecular formula is C20H17FN4O2S. The number of hydrogen-bond donors (Lipinski definition) is 0. The number of halogens is 1. The van der Waals surface area contributed by atoms with E-state index in [1.807, 2.05) is 28.7 Å². The van der Waals surface area contributed by atoms with Crippen LogP contribution in [-0.4, -0.2) is 26.3 Å². The average molecular weight is 396 g/mol. The molecule has 0 saturated heterocycles. The van der Waals surface area contributed by atoms with Gasteiger partial charge < -0.3 is 4.74 Å². The number of nitrogens with zero attached hydrogens (tertiary/aromatic N) is 4. The zero-order valence-corrected chi connectivity index (χ0v) is 15.9. The monoisotopic (exact) mass is 396 g/mol. The van der Waals surface area contributed by atoms with Gasteiger partial charge in [0.25, 0.3) is 5.56 Å². The Morgan fingerprint density at radius 3 is 2.82 bits per heavy atom. The standard InChI is InChI=1S/C20H17FN4O2S/c1-3-10-24-18(26)14-6-4-5-7-16(14)25-19(24)22-23-20(25)28-12-13-8-9-17(27-2)15(21)11-13/h3-9,11H,1,10,12H2,2H3. The van der Waals surface area contributed by atoms with Crippen molar-refractivity contribution < 1.29 is 9.13 Å². The zero-order chi connectivity index (χ0) is 19.7. The predicted octanol–water partition coefficient (Wildman–Crippen LogP) is 3.67. The molecule has 4 aromatic rings. The van der Waals surface area contributed by atoms with Crippen LogP contribution in [0.2, 0.25) is 0 Å². The molecule has 0 bridgehead atoms. The predicted molar refractivity (Wildman–Crippen MR) is 107 cm³/mol. The van der Waals surface area contributed by atoms with Crippen LogP contribution < -0.4 is 10.3 Å². The highest BCUT2D eigenvalue weighted by Crippen LogP contribution is 2.26. The average Bonchev–Trinajstić information content (AvgIpc) is 3.13. The summed E-state index contributed by atoms with van der Waals surface area (Å²) in [6.07, 6.45) is 1.65. The van der Waals surface area contributed by atoms with Gasteiger partial charge in [-0.3, -0.25) is 13.8 Å². The molecule has 0 radical (unpaired) electrons. The molecule has 142 valence electrons. The molecule has 2 aromatic carbocycles. The van der Waals surface area contributed by atoms with Gasteiger partial charge in [-0.2, -0.15) is 0 Å². The smallest absolute Gasteiger partial charge is 0.263 e. The summed E-state index contributed by atoms with van der Waals surface area (Å²) in [5.41, 5.74) is 1.39. The summed E-state index contributed by atoms with van der Waals surface area (Å²) >= 11 is 1.42. The van der Waals surface area contributed by atoms with Gasteiger partial charge in [-0.25, -0.2) is 4.39 Å². The fourth-order valence-electron chi connectivity index (χ4n) is 3.07. The second-order valence-electron chi connectivity index (χ2n) is 6.10. The van der Waals surface area contributed by atoms with Crippen LogP contribution in [0.3, 0.4) is 0 Å². The summed E-state index contributed by atoms with van der Waals surface area (Å²) < 4.78 is 22.3. The van der Waals surface area contributed by atoms with E-state index in [2.05, 4.69) is 16.8 Å². The highest BCUT2D eigenvalue weighted by molar-refractivity contribution is 7.98. The molecule has 0 fully saturated rings. The van der Waals surface area contributed by atoms with Gasteiger partial charge in [0.2, 0.25) is 5.78 Å². The van der Waals surface area contributed by atoms with Gasteiger partial charge in [-0.15, -0.1) is 16.8 Å². The Balaban J connectivity index is 1.79. The molecular weight excluding hydrogens is 379 g/mol. The van der Waals surface area contributed by atoms with Crippen molar-refractivity contribution in [1.29, 1.82) is 0 Å². The van der Waals surface area contributed by atoms with E-state index in [0.29, 0.717) is 28.6 Å². The first-order valence-electron chi connectivity index (χ1n) is 8.57. The Kier molecular flexibility index (Phi) is 4.87. The molecule has 0 unspecified atom stereocenters. The molecule has 4 rings (SSSR count). The summed E-state index contributed by atoms with van der Waals surface area (Å²) in [5, 5.41) is 9.69. The van der Waals surface area contributed by atoms with Crippen molar-refractivity contribution in [2.24, 2.45) is 0 Å². The SMILES string of the molecule is C=CCn1c(=O)c2ccccc2n2c(SCc3ccc(OC)c(F)c3)nnc12. The molecule has 28 heavy (non-hydrogen) atoms. The third-order valence-electron chi connectivity index (χ3n) is 4.37. The third kappa shape index (κ3) is 3.05. The van der Waals surface area contributed by atoms with Gasteiger partial charge >= 0.3 is 0 Å². The Bertz CT molecular complexity index is 1250. The van der Waals surface area contributed by atoms with E-state index in [0.717, 1.165) is 11.1 Å². The summed E-state index contributed by atoms with van der Waals surface area (Å²) in [6.45, 7) is 4.05. The second kappa shape index (κ2) is 7.47. The quantitative estimate of drug-likeness (QED) is 0.368. The van der Waals surface area contributed by atoms with E-state index in [-0.39, 0.29) is 11.3 Å². The Morgan fingerprint density at radius 2 is 2.07 bits per heavy atom. The molecule has 0 spiro atoms. The normalized spacial score (nSPS) is 11.2. The molecule has 0 saturated carbocycles. The number of hydrogen-bond acceptors (Lipinski definition) is 5. The fourth-order valence-corrected chi connectivity index (χ4v) is 3.95. The molecule has 0 amide bonds. The number of benzene rings is 2. The molecule has 0 aliphatic rings. The number of ether oxygens (including phenoxy) is 1. The van der Waals surface area contributed by atoms with E-state index in [4.69, 9.17) is 4.74 Å². The molecule has 0 atom stereocenters.